The number of aromatic hydroxyl groups is 1. The summed E-state index contributed by atoms with van der Waals surface area (Å²) >= 11 is 0. The smallest absolute Gasteiger partial charge is 0.545 e. The van der Waals surface area contributed by atoms with Gasteiger partial charge < -0.3 is 20.3 Å². The number of benzene rings is 1. The number of hydrogen-bond donors (Lipinski definition) is 2. The van der Waals surface area contributed by atoms with E-state index in [1.807, 2.05) is 0 Å². The van der Waals surface area contributed by atoms with Gasteiger partial charge in [-0.25, -0.2) is 0 Å². The van der Waals surface area contributed by atoms with E-state index in [-0.39, 0.29) is 35.3 Å². The van der Waals surface area contributed by atoms with Crippen LogP contribution in [-0.4, -0.2) is 17.0 Å². The third kappa shape index (κ3) is 5.55. The molecule has 78 valence electrons. The molecule has 0 aliphatic rings. The Morgan fingerprint density at radius 3 is 2.56 bits per heavy atom. The van der Waals surface area contributed by atoms with Crippen molar-refractivity contribution in [1.82, 2.24) is 0 Å². The van der Waals surface area contributed by atoms with Crippen LogP contribution in [0.4, 0.5) is 5.69 Å². The van der Waals surface area contributed by atoms with Gasteiger partial charge in [0.25, 0.3) is 0 Å². The van der Waals surface area contributed by atoms with E-state index in [4.69, 9.17) is 5.11 Å². The van der Waals surface area contributed by atoms with Gasteiger partial charge in [-0.05, 0) is 18.2 Å². The molecule has 1 aromatic carbocycles. The zero-order chi connectivity index (χ0) is 11.3. The van der Waals surface area contributed by atoms with Gasteiger partial charge in [-0.1, -0.05) is 6.07 Å². The summed E-state index contributed by atoms with van der Waals surface area (Å²) < 4.78 is 0. The molecule has 1 rings (SSSR count). The normalized spacial score (nSPS) is 9.50. The first-order chi connectivity index (χ1) is 7.08. The van der Waals surface area contributed by atoms with Gasteiger partial charge in [0.1, 0.15) is 5.75 Å². The second-order valence-electron chi connectivity index (χ2n) is 2.69. The molecule has 0 atom stereocenters. The van der Waals surface area contributed by atoms with Crippen molar-refractivity contribution >= 4 is 17.6 Å². The average Bonchev–Trinajstić information content (AvgIpc) is 2.15. The second kappa shape index (κ2) is 7.05. The van der Waals surface area contributed by atoms with E-state index in [0.717, 1.165) is 6.08 Å². The number of carbonyl (C=O) groups is 2. The number of carboxylic acids is 1. The molecular formula is C10H8NNaO4. The zero-order valence-corrected chi connectivity index (χ0v) is 10.6. The van der Waals surface area contributed by atoms with Gasteiger partial charge in [0.2, 0.25) is 5.91 Å². The quantitative estimate of drug-likeness (QED) is 0.418. The van der Waals surface area contributed by atoms with E-state index in [1.165, 1.54) is 12.1 Å². The van der Waals surface area contributed by atoms with Gasteiger partial charge in [0.05, 0.1) is 5.97 Å². The number of amides is 1. The van der Waals surface area contributed by atoms with Gasteiger partial charge in [-0.15, -0.1) is 0 Å². The first kappa shape index (κ1) is 14.7. The van der Waals surface area contributed by atoms with Gasteiger partial charge in [-0.3, -0.25) is 4.79 Å². The summed E-state index contributed by atoms with van der Waals surface area (Å²) in [6.07, 6.45) is 1.46. The van der Waals surface area contributed by atoms with Crippen LogP contribution in [0.15, 0.2) is 36.4 Å². The van der Waals surface area contributed by atoms with Gasteiger partial charge in [0, 0.05) is 17.8 Å². The van der Waals surface area contributed by atoms with Crippen molar-refractivity contribution in [3.63, 3.8) is 0 Å². The Bertz CT molecular complexity index is 417. The van der Waals surface area contributed by atoms with Gasteiger partial charge in [-0.2, -0.15) is 0 Å². The van der Waals surface area contributed by atoms with Crippen LogP contribution < -0.4 is 40.0 Å². The minimum absolute atomic E-state index is 0. The fourth-order valence-corrected chi connectivity index (χ4v) is 0.911. The Labute approximate surface area is 114 Å². The maximum atomic E-state index is 11.1. The molecule has 0 fully saturated rings. The third-order valence-electron chi connectivity index (χ3n) is 1.48. The van der Waals surface area contributed by atoms with Crippen LogP contribution in [0.2, 0.25) is 0 Å². The molecule has 1 amide bonds. The van der Waals surface area contributed by atoms with Crippen molar-refractivity contribution in [3.8, 4) is 5.75 Å². The number of phenolic OH excluding ortho intramolecular Hbond substituents is 1. The predicted octanol–water partition coefficient (Wildman–Crippen LogP) is -3.36. The minimum Gasteiger partial charge on any atom is -0.545 e. The predicted molar refractivity (Wildman–Crippen MR) is 50.9 cm³/mol. The Balaban J connectivity index is 0.00000225. The number of carboxylic acid groups (broad SMARTS) is 1. The fourth-order valence-electron chi connectivity index (χ4n) is 0.911. The number of carbonyl (C=O) groups excluding carboxylic acids is 2. The minimum atomic E-state index is -1.44. The van der Waals surface area contributed by atoms with Crippen LogP contribution in [0.3, 0.4) is 0 Å². The Morgan fingerprint density at radius 1 is 1.31 bits per heavy atom. The molecule has 0 bridgehead atoms. The molecular weight excluding hydrogens is 221 g/mol. The van der Waals surface area contributed by atoms with Crippen LogP contribution >= 0.6 is 0 Å². The van der Waals surface area contributed by atoms with Crippen molar-refractivity contribution in [2.45, 2.75) is 0 Å². The first-order valence-corrected chi connectivity index (χ1v) is 4.07. The van der Waals surface area contributed by atoms with Crippen LogP contribution in [0.25, 0.3) is 0 Å². The number of hydrogen-bond acceptors (Lipinski definition) is 4. The van der Waals surface area contributed by atoms with E-state index in [9.17, 15) is 14.7 Å². The third-order valence-corrected chi connectivity index (χ3v) is 1.48. The van der Waals surface area contributed by atoms with Gasteiger partial charge >= 0.3 is 29.6 Å². The summed E-state index contributed by atoms with van der Waals surface area (Å²) in [5.41, 5.74) is 0.378. The molecule has 0 unspecified atom stereocenters. The molecule has 0 saturated heterocycles. The number of anilines is 1. The van der Waals surface area contributed by atoms with Crippen molar-refractivity contribution in [1.29, 1.82) is 0 Å². The van der Waals surface area contributed by atoms with Crippen molar-refractivity contribution in [3.05, 3.63) is 36.4 Å². The topological polar surface area (TPSA) is 89.5 Å². The van der Waals surface area contributed by atoms with E-state index in [0.29, 0.717) is 11.8 Å². The monoisotopic (exact) mass is 229 g/mol. The van der Waals surface area contributed by atoms with E-state index >= 15 is 0 Å². The molecule has 0 aliphatic carbocycles. The fraction of sp³-hybridized carbons (Fsp3) is 0. The molecule has 0 radical (unpaired) electrons. The molecule has 1 aromatic rings. The molecule has 0 aliphatic heterocycles. The molecule has 16 heavy (non-hydrogen) atoms. The summed E-state index contributed by atoms with van der Waals surface area (Å²) in [4.78, 5) is 21.0. The maximum absolute atomic E-state index is 11.1. The summed E-state index contributed by atoms with van der Waals surface area (Å²) in [6.45, 7) is 0. The molecule has 0 spiro atoms. The Hall–Kier alpha value is -1.30. The van der Waals surface area contributed by atoms with Crippen LogP contribution in [0.1, 0.15) is 0 Å². The van der Waals surface area contributed by atoms with Crippen LogP contribution in [-0.2, 0) is 9.59 Å². The SMILES string of the molecule is O=C([O-])/C=C\C(=O)Nc1cccc(O)c1.[Na+]. The summed E-state index contributed by atoms with van der Waals surface area (Å²) in [7, 11) is 0. The van der Waals surface area contributed by atoms with E-state index in [2.05, 4.69) is 5.32 Å². The largest absolute Gasteiger partial charge is 1.00 e. The summed E-state index contributed by atoms with van der Waals surface area (Å²) in [6, 6.07) is 5.90. The summed E-state index contributed by atoms with van der Waals surface area (Å²) in [5.74, 6) is -2.04. The average molecular weight is 229 g/mol. The second-order valence-corrected chi connectivity index (χ2v) is 2.69. The number of nitrogens with one attached hydrogen (secondary N) is 1. The standard InChI is InChI=1S/C10H9NO4.Na/c12-8-3-1-2-7(6-8)11-9(13)4-5-10(14)15;/h1-6,12H,(H,11,13)(H,14,15);/q;+1/p-1/b5-4-;. The zero-order valence-electron chi connectivity index (χ0n) is 8.64. The number of phenols is 1. The van der Waals surface area contributed by atoms with Crippen LogP contribution in [0, 0.1) is 0 Å². The molecule has 0 heterocycles. The maximum Gasteiger partial charge on any atom is 1.00 e. The first-order valence-electron chi connectivity index (χ1n) is 4.07. The molecule has 5 nitrogen and oxygen atoms in total. The van der Waals surface area contributed by atoms with Crippen LogP contribution in [0.5, 0.6) is 5.75 Å². The van der Waals surface area contributed by atoms with E-state index in [1.54, 1.807) is 12.1 Å². The number of rotatable bonds is 3. The Morgan fingerprint density at radius 2 is 2.00 bits per heavy atom. The van der Waals surface area contributed by atoms with Crippen molar-refractivity contribution < 1.29 is 49.4 Å². The summed E-state index contributed by atoms with van der Waals surface area (Å²) in [5, 5.41) is 21.4. The molecule has 2 N–H and O–H groups in total. The number of aliphatic carboxylic acids is 1. The van der Waals surface area contributed by atoms with E-state index < -0.39 is 11.9 Å². The molecule has 0 saturated carbocycles. The van der Waals surface area contributed by atoms with Crippen molar-refractivity contribution in [2.75, 3.05) is 5.32 Å². The van der Waals surface area contributed by atoms with Crippen molar-refractivity contribution in [2.24, 2.45) is 0 Å². The Kier molecular flexibility index (Phi) is 6.48. The molecule has 6 heteroatoms. The van der Waals surface area contributed by atoms with Gasteiger partial charge in [0.15, 0.2) is 0 Å². The molecule has 0 aromatic heterocycles.